The van der Waals surface area contributed by atoms with Gasteiger partial charge in [-0.15, -0.1) is 12.6 Å². The summed E-state index contributed by atoms with van der Waals surface area (Å²) in [5.74, 6) is -1.46. The van der Waals surface area contributed by atoms with Crippen molar-refractivity contribution in [2.24, 2.45) is 0 Å². The highest BCUT2D eigenvalue weighted by molar-refractivity contribution is 8.11. The van der Waals surface area contributed by atoms with E-state index in [1.165, 1.54) is 0 Å². The van der Waals surface area contributed by atoms with Crippen molar-refractivity contribution in [3.8, 4) is 0 Å². The Labute approximate surface area is 116 Å². The maximum absolute atomic E-state index is 11.7. The first-order chi connectivity index (χ1) is 8.39. The SMILES string of the molecule is O=C(CS(=O)(=O)Cc1ccccc1)NNC(=S)S. The van der Waals surface area contributed by atoms with Crippen molar-refractivity contribution >= 4 is 44.9 Å². The molecule has 0 spiro atoms. The highest BCUT2D eigenvalue weighted by Gasteiger charge is 2.17. The van der Waals surface area contributed by atoms with Crippen LogP contribution in [0.4, 0.5) is 0 Å². The molecule has 98 valence electrons. The summed E-state index contributed by atoms with van der Waals surface area (Å²) in [6.45, 7) is 0. The van der Waals surface area contributed by atoms with Crippen LogP contribution in [0.3, 0.4) is 0 Å². The molecule has 5 nitrogen and oxygen atoms in total. The van der Waals surface area contributed by atoms with Crippen LogP contribution in [-0.4, -0.2) is 24.4 Å². The van der Waals surface area contributed by atoms with E-state index in [4.69, 9.17) is 0 Å². The van der Waals surface area contributed by atoms with Crippen molar-refractivity contribution in [3.05, 3.63) is 35.9 Å². The standard InChI is InChI=1S/C10H12N2O3S3/c13-9(11-12-10(16)17)7-18(14,15)6-8-4-2-1-3-5-8/h1-5H,6-7H2,(H,11,13)(H2,12,16,17). The largest absolute Gasteiger partial charge is 0.283 e. The van der Waals surface area contributed by atoms with Crippen LogP contribution in [-0.2, 0) is 20.4 Å². The van der Waals surface area contributed by atoms with E-state index in [0.29, 0.717) is 5.56 Å². The third kappa shape index (κ3) is 5.99. The number of carbonyl (C=O) groups is 1. The van der Waals surface area contributed by atoms with E-state index in [1.807, 2.05) is 0 Å². The normalized spacial score (nSPS) is 10.7. The summed E-state index contributed by atoms with van der Waals surface area (Å²) < 4.78 is 23.5. The lowest BCUT2D eigenvalue weighted by molar-refractivity contribution is -0.119. The first-order valence-corrected chi connectivity index (χ1v) is 7.59. The minimum absolute atomic E-state index is 0.0591. The van der Waals surface area contributed by atoms with Crippen molar-refractivity contribution in [2.75, 3.05) is 5.75 Å². The molecule has 8 heteroatoms. The van der Waals surface area contributed by atoms with Crippen LogP contribution in [0.2, 0.25) is 0 Å². The van der Waals surface area contributed by atoms with Crippen molar-refractivity contribution in [3.63, 3.8) is 0 Å². The Balaban J connectivity index is 2.55. The van der Waals surface area contributed by atoms with Gasteiger partial charge in [-0.05, 0) is 5.56 Å². The Morgan fingerprint density at radius 1 is 1.22 bits per heavy atom. The molecule has 0 bridgehead atoms. The molecule has 0 aromatic heterocycles. The zero-order valence-electron chi connectivity index (χ0n) is 9.29. The second-order valence-corrected chi connectivity index (χ2v) is 6.72. The van der Waals surface area contributed by atoms with Gasteiger partial charge in [0.05, 0.1) is 5.75 Å². The maximum Gasteiger partial charge on any atom is 0.253 e. The Hall–Kier alpha value is -1.12. The molecule has 18 heavy (non-hydrogen) atoms. The van der Waals surface area contributed by atoms with Crippen molar-refractivity contribution in [2.45, 2.75) is 5.75 Å². The van der Waals surface area contributed by atoms with E-state index in [1.54, 1.807) is 30.3 Å². The number of hydrogen-bond donors (Lipinski definition) is 3. The molecule has 2 N–H and O–H groups in total. The summed E-state index contributed by atoms with van der Waals surface area (Å²) in [4.78, 5) is 11.3. The summed E-state index contributed by atoms with van der Waals surface area (Å²) in [6, 6.07) is 8.66. The second-order valence-electron chi connectivity index (χ2n) is 3.50. The molecule has 1 amide bonds. The lowest BCUT2D eigenvalue weighted by atomic mass is 10.2. The van der Waals surface area contributed by atoms with Gasteiger partial charge in [0.2, 0.25) is 0 Å². The quantitative estimate of drug-likeness (QED) is 0.427. The van der Waals surface area contributed by atoms with Crippen LogP contribution < -0.4 is 10.9 Å². The zero-order valence-corrected chi connectivity index (χ0v) is 11.8. The van der Waals surface area contributed by atoms with Gasteiger partial charge in [-0.25, -0.2) is 8.42 Å². The lowest BCUT2D eigenvalue weighted by Gasteiger charge is -2.07. The number of benzene rings is 1. The Bertz CT molecular complexity index is 529. The molecular formula is C10H12N2O3S3. The van der Waals surface area contributed by atoms with E-state index in [9.17, 15) is 13.2 Å². The minimum atomic E-state index is -3.50. The number of sulfone groups is 1. The average Bonchev–Trinajstić information content (AvgIpc) is 2.26. The Morgan fingerprint density at radius 3 is 2.39 bits per heavy atom. The molecule has 0 atom stereocenters. The molecule has 0 radical (unpaired) electrons. The van der Waals surface area contributed by atoms with Gasteiger partial charge in [-0.1, -0.05) is 42.5 Å². The fourth-order valence-electron chi connectivity index (χ4n) is 1.24. The number of amides is 1. The number of hydrazine groups is 1. The van der Waals surface area contributed by atoms with E-state index >= 15 is 0 Å². The predicted octanol–water partition coefficient (Wildman–Crippen LogP) is 0.437. The van der Waals surface area contributed by atoms with E-state index in [2.05, 4.69) is 35.7 Å². The van der Waals surface area contributed by atoms with Crippen LogP contribution in [0.15, 0.2) is 30.3 Å². The van der Waals surface area contributed by atoms with Crippen molar-refractivity contribution in [1.82, 2.24) is 10.9 Å². The van der Waals surface area contributed by atoms with Crippen LogP contribution in [0, 0.1) is 0 Å². The summed E-state index contributed by atoms with van der Waals surface area (Å²) in [7, 11) is -3.50. The van der Waals surface area contributed by atoms with E-state index < -0.39 is 21.5 Å². The van der Waals surface area contributed by atoms with Gasteiger partial charge in [-0.2, -0.15) is 0 Å². The van der Waals surface area contributed by atoms with Gasteiger partial charge in [0.15, 0.2) is 9.84 Å². The number of hydrogen-bond acceptors (Lipinski definition) is 4. The molecule has 1 rings (SSSR count). The van der Waals surface area contributed by atoms with Crippen LogP contribution in [0.25, 0.3) is 0 Å². The number of thiocarbonyl (C=S) groups is 1. The van der Waals surface area contributed by atoms with Gasteiger partial charge in [-0.3, -0.25) is 15.6 Å². The number of rotatable bonds is 4. The molecule has 0 aliphatic carbocycles. The minimum Gasteiger partial charge on any atom is -0.283 e. The second kappa shape index (κ2) is 6.72. The summed E-state index contributed by atoms with van der Waals surface area (Å²) in [5.41, 5.74) is 5.04. The highest BCUT2D eigenvalue weighted by Crippen LogP contribution is 2.05. The topological polar surface area (TPSA) is 75.3 Å². The van der Waals surface area contributed by atoms with Crippen LogP contribution in [0.5, 0.6) is 0 Å². The molecule has 0 unspecified atom stereocenters. The number of carbonyl (C=O) groups excluding carboxylic acids is 1. The first-order valence-electron chi connectivity index (χ1n) is 4.91. The fraction of sp³-hybridized carbons (Fsp3) is 0.200. The zero-order chi connectivity index (χ0) is 13.6. The number of nitrogens with one attached hydrogen (secondary N) is 2. The summed E-state index contributed by atoms with van der Waals surface area (Å²) in [5, 5.41) is 0. The monoisotopic (exact) mass is 304 g/mol. The smallest absolute Gasteiger partial charge is 0.253 e. The van der Waals surface area contributed by atoms with Gasteiger partial charge < -0.3 is 0 Å². The van der Waals surface area contributed by atoms with Crippen molar-refractivity contribution in [1.29, 1.82) is 0 Å². The molecular weight excluding hydrogens is 292 g/mol. The molecule has 0 saturated carbocycles. The third-order valence-electron chi connectivity index (χ3n) is 1.89. The predicted molar refractivity (Wildman–Crippen MR) is 76.8 cm³/mol. The molecule has 0 aliphatic rings. The fourth-order valence-corrected chi connectivity index (χ4v) is 2.62. The third-order valence-corrected chi connectivity index (χ3v) is 3.58. The summed E-state index contributed by atoms with van der Waals surface area (Å²) >= 11 is 8.27. The average molecular weight is 304 g/mol. The van der Waals surface area contributed by atoms with Crippen LogP contribution >= 0.6 is 24.8 Å². The van der Waals surface area contributed by atoms with Gasteiger partial charge in [0.1, 0.15) is 10.1 Å². The van der Waals surface area contributed by atoms with Crippen molar-refractivity contribution < 1.29 is 13.2 Å². The van der Waals surface area contributed by atoms with Gasteiger partial charge in [0, 0.05) is 0 Å². The molecule has 0 heterocycles. The Morgan fingerprint density at radius 2 is 1.83 bits per heavy atom. The summed E-state index contributed by atoms with van der Waals surface area (Å²) in [6.07, 6.45) is 0. The van der Waals surface area contributed by atoms with Crippen LogP contribution in [0.1, 0.15) is 5.56 Å². The van der Waals surface area contributed by atoms with E-state index in [0.717, 1.165) is 0 Å². The molecule has 1 aromatic carbocycles. The molecule has 0 saturated heterocycles. The Kier molecular flexibility index (Phi) is 5.57. The lowest BCUT2D eigenvalue weighted by Crippen LogP contribution is -2.42. The van der Waals surface area contributed by atoms with Gasteiger partial charge in [0.25, 0.3) is 5.91 Å². The maximum atomic E-state index is 11.7. The molecule has 1 aromatic rings. The van der Waals surface area contributed by atoms with Gasteiger partial charge >= 0.3 is 0 Å². The molecule has 0 fully saturated rings. The highest BCUT2D eigenvalue weighted by atomic mass is 32.2. The van der Waals surface area contributed by atoms with E-state index in [-0.39, 0.29) is 10.1 Å². The number of thiol groups is 1. The molecule has 0 aliphatic heterocycles. The first kappa shape index (κ1) is 14.9.